The van der Waals surface area contributed by atoms with Gasteiger partial charge in [-0.1, -0.05) is 30.7 Å². The number of rotatable bonds is 3. The highest BCUT2D eigenvalue weighted by molar-refractivity contribution is 7.71. The fourth-order valence-electron chi connectivity index (χ4n) is 3.08. The van der Waals surface area contributed by atoms with Gasteiger partial charge in [0.15, 0.2) is 4.77 Å². The minimum absolute atomic E-state index is 0.0546. The standard InChI is InChI=1S/C18H19ClN4O3S/c1-4-14(24)23-13(10-5-7-11(19)8-6-10)9-12(20-23)15-16(25)21(2)18(27)22(3)17(15)26/h5-8,13,25H,4,9H2,1-3H3/t13-/m0/s1. The van der Waals surface area contributed by atoms with Crippen LogP contribution >= 0.6 is 23.8 Å². The zero-order chi connectivity index (χ0) is 19.9. The van der Waals surface area contributed by atoms with E-state index in [1.807, 2.05) is 12.1 Å². The average molecular weight is 407 g/mol. The van der Waals surface area contributed by atoms with Crippen LogP contribution in [0.3, 0.4) is 0 Å². The van der Waals surface area contributed by atoms with Crippen molar-refractivity contribution in [2.45, 2.75) is 25.8 Å². The number of amides is 1. The number of carbonyl (C=O) groups excluding carboxylic acids is 1. The van der Waals surface area contributed by atoms with Gasteiger partial charge in [0.25, 0.3) is 5.56 Å². The van der Waals surface area contributed by atoms with Gasteiger partial charge < -0.3 is 5.11 Å². The van der Waals surface area contributed by atoms with Crippen LogP contribution in [0, 0.1) is 4.77 Å². The summed E-state index contributed by atoms with van der Waals surface area (Å²) in [5, 5.41) is 16.9. The van der Waals surface area contributed by atoms with Crippen LogP contribution in [0.1, 0.15) is 36.9 Å². The van der Waals surface area contributed by atoms with E-state index in [2.05, 4.69) is 5.10 Å². The highest BCUT2D eigenvalue weighted by Crippen LogP contribution is 2.34. The number of benzene rings is 1. The fourth-order valence-corrected chi connectivity index (χ4v) is 3.38. The second-order valence-electron chi connectivity index (χ2n) is 6.31. The molecule has 142 valence electrons. The first-order valence-corrected chi connectivity index (χ1v) is 9.19. The van der Waals surface area contributed by atoms with E-state index >= 15 is 0 Å². The smallest absolute Gasteiger partial charge is 0.267 e. The van der Waals surface area contributed by atoms with Crippen molar-refractivity contribution in [2.75, 3.05) is 0 Å². The first-order valence-electron chi connectivity index (χ1n) is 8.40. The molecule has 1 aromatic heterocycles. The number of aromatic nitrogens is 2. The summed E-state index contributed by atoms with van der Waals surface area (Å²) in [5.74, 6) is -0.437. The van der Waals surface area contributed by atoms with Crippen LogP contribution in [-0.4, -0.2) is 30.9 Å². The Labute approximate surface area is 166 Å². The quantitative estimate of drug-likeness (QED) is 0.795. The molecule has 0 unspecified atom stereocenters. The zero-order valence-electron chi connectivity index (χ0n) is 15.1. The molecule has 1 aliphatic rings. The maximum atomic E-state index is 12.7. The highest BCUT2D eigenvalue weighted by Gasteiger charge is 2.35. The third kappa shape index (κ3) is 3.30. The summed E-state index contributed by atoms with van der Waals surface area (Å²) < 4.78 is 2.81. The van der Waals surface area contributed by atoms with Gasteiger partial charge in [-0.05, 0) is 29.9 Å². The van der Waals surface area contributed by atoms with E-state index in [1.165, 1.54) is 21.2 Å². The molecule has 9 heteroatoms. The van der Waals surface area contributed by atoms with Crippen LogP contribution in [0.2, 0.25) is 5.02 Å². The number of hydrazone groups is 1. The van der Waals surface area contributed by atoms with Crippen molar-refractivity contribution < 1.29 is 9.90 Å². The number of hydrogen-bond donors (Lipinski definition) is 1. The molecule has 2 heterocycles. The molecule has 1 atom stereocenters. The van der Waals surface area contributed by atoms with Crippen LogP contribution in [-0.2, 0) is 18.9 Å². The van der Waals surface area contributed by atoms with Gasteiger partial charge in [-0.25, -0.2) is 5.01 Å². The maximum absolute atomic E-state index is 12.7. The van der Waals surface area contributed by atoms with Crippen molar-refractivity contribution in [2.24, 2.45) is 19.2 Å². The summed E-state index contributed by atoms with van der Waals surface area (Å²) in [6.07, 6.45) is 0.566. The molecule has 0 bridgehead atoms. The molecule has 0 saturated heterocycles. The Morgan fingerprint density at radius 3 is 2.52 bits per heavy atom. The first-order chi connectivity index (χ1) is 12.8. The fraction of sp³-hybridized carbons (Fsp3) is 0.333. The summed E-state index contributed by atoms with van der Waals surface area (Å²) in [7, 11) is 3.11. The SMILES string of the molecule is CCC(=O)N1N=C(c2c(O)n(C)c(=S)n(C)c2=O)C[C@H]1c1ccc(Cl)cc1. The van der Waals surface area contributed by atoms with Gasteiger partial charge in [0.1, 0.15) is 5.56 Å². The lowest BCUT2D eigenvalue weighted by Crippen LogP contribution is -2.28. The van der Waals surface area contributed by atoms with E-state index < -0.39 is 5.56 Å². The van der Waals surface area contributed by atoms with Gasteiger partial charge in [-0.2, -0.15) is 5.10 Å². The molecule has 0 aliphatic carbocycles. The molecule has 0 fully saturated rings. The lowest BCUT2D eigenvalue weighted by Gasteiger charge is -2.21. The second kappa shape index (κ2) is 7.28. The van der Waals surface area contributed by atoms with E-state index in [0.717, 1.165) is 5.56 Å². The molecule has 27 heavy (non-hydrogen) atoms. The molecule has 0 saturated carbocycles. The van der Waals surface area contributed by atoms with E-state index in [9.17, 15) is 14.7 Å². The van der Waals surface area contributed by atoms with Gasteiger partial charge in [0.05, 0.1) is 11.8 Å². The summed E-state index contributed by atoms with van der Waals surface area (Å²) >= 11 is 11.1. The van der Waals surface area contributed by atoms with Crippen LogP contribution < -0.4 is 5.56 Å². The Morgan fingerprint density at radius 1 is 1.30 bits per heavy atom. The van der Waals surface area contributed by atoms with Crippen molar-refractivity contribution in [3.8, 4) is 5.88 Å². The third-order valence-corrected chi connectivity index (χ3v) is 5.45. The minimum Gasteiger partial charge on any atom is -0.494 e. The van der Waals surface area contributed by atoms with Crippen LogP contribution in [0.15, 0.2) is 34.2 Å². The van der Waals surface area contributed by atoms with Crippen molar-refractivity contribution in [3.63, 3.8) is 0 Å². The van der Waals surface area contributed by atoms with Gasteiger partial charge in [0, 0.05) is 32.0 Å². The topological polar surface area (TPSA) is 79.8 Å². The maximum Gasteiger partial charge on any atom is 0.267 e. The summed E-state index contributed by atoms with van der Waals surface area (Å²) in [5.41, 5.74) is 0.801. The number of aromatic hydroxyl groups is 1. The van der Waals surface area contributed by atoms with E-state index in [-0.39, 0.29) is 34.6 Å². The zero-order valence-corrected chi connectivity index (χ0v) is 16.7. The molecular weight excluding hydrogens is 388 g/mol. The molecule has 1 aromatic carbocycles. The molecule has 1 aliphatic heterocycles. The minimum atomic E-state index is -0.449. The van der Waals surface area contributed by atoms with Gasteiger partial charge in [-0.3, -0.25) is 18.7 Å². The summed E-state index contributed by atoms with van der Waals surface area (Å²) in [6, 6.07) is 6.76. The van der Waals surface area contributed by atoms with Crippen molar-refractivity contribution >= 4 is 35.4 Å². The number of nitrogens with zero attached hydrogens (tertiary/aromatic N) is 4. The number of halogens is 1. The van der Waals surface area contributed by atoms with Crippen LogP contribution in [0.4, 0.5) is 0 Å². The highest BCUT2D eigenvalue weighted by atomic mass is 35.5. The Balaban J connectivity index is 2.13. The molecular formula is C18H19ClN4O3S. The van der Waals surface area contributed by atoms with Crippen molar-refractivity contribution in [1.82, 2.24) is 14.1 Å². The second-order valence-corrected chi connectivity index (χ2v) is 7.12. The van der Waals surface area contributed by atoms with Crippen molar-refractivity contribution in [1.29, 1.82) is 0 Å². The van der Waals surface area contributed by atoms with Gasteiger partial charge in [-0.15, -0.1) is 0 Å². The molecule has 2 aromatic rings. The third-order valence-electron chi connectivity index (χ3n) is 4.65. The van der Waals surface area contributed by atoms with Gasteiger partial charge >= 0.3 is 0 Å². The summed E-state index contributed by atoms with van der Waals surface area (Å²) in [6.45, 7) is 1.75. The normalized spacial score (nSPS) is 16.5. The van der Waals surface area contributed by atoms with Crippen molar-refractivity contribution in [3.05, 3.63) is 55.5 Å². The largest absolute Gasteiger partial charge is 0.494 e. The Morgan fingerprint density at radius 2 is 1.93 bits per heavy atom. The number of hydrogen-bond acceptors (Lipinski definition) is 5. The van der Waals surface area contributed by atoms with Gasteiger partial charge in [0.2, 0.25) is 11.8 Å². The Hall–Kier alpha value is -2.45. The monoisotopic (exact) mass is 406 g/mol. The van der Waals surface area contributed by atoms with E-state index in [1.54, 1.807) is 26.1 Å². The number of carbonyl (C=O) groups is 1. The Bertz CT molecular complexity index is 1060. The molecule has 1 N–H and O–H groups in total. The first kappa shape index (κ1) is 19.3. The van der Waals surface area contributed by atoms with Crippen LogP contribution in [0.5, 0.6) is 5.88 Å². The lowest BCUT2D eigenvalue weighted by atomic mass is 9.99. The van der Waals surface area contributed by atoms with E-state index in [0.29, 0.717) is 17.2 Å². The molecule has 0 spiro atoms. The Kier molecular flexibility index (Phi) is 5.21. The average Bonchev–Trinajstić information content (AvgIpc) is 3.09. The predicted octanol–water partition coefficient (Wildman–Crippen LogP) is 2.90. The van der Waals surface area contributed by atoms with E-state index in [4.69, 9.17) is 23.8 Å². The molecule has 3 rings (SSSR count). The molecule has 0 radical (unpaired) electrons. The molecule has 7 nitrogen and oxygen atoms in total. The van der Waals surface area contributed by atoms with Crippen LogP contribution in [0.25, 0.3) is 0 Å². The predicted molar refractivity (Wildman–Crippen MR) is 106 cm³/mol. The lowest BCUT2D eigenvalue weighted by molar-refractivity contribution is -0.132. The summed E-state index contributed by atoms with van der Waals surface area (Å²) in [4.78, 5) is 25.1. The molecule has 1 amide bonds.